The number of urea groups is 1. The first kappa shape index (κ1) is 21.4. The number of fused-ring (bicyclic) bond motifs is 2. The SMILES string of the molecule is O=C(Nc1c2c(cc3c1CCC3)CCC2)NS(=O)(=O)/C=C/c1cccc(-c2cccnc2)c1. The van der Waals surface area contributed by atoms with Gasteiger partial charge in [0.05, 0.1) is 5.41 Å². The highest BCUT2D eigenvalue weighted by Crippen LogP contribution is 2.38. The minimum Gasteiger partial charge on any atom is -0.307 e. The van der Waals surface area contributed by atoms with Gasteiger partial charge in [-0.1, -0.05) is 30.3 Å². The molecule has 0 fully saturated rings. The third kappa shape index (κ3) is 4.68. The molecule has 0 saturated carbocycles. The van der Waals surface area contributed by atoms with Gasteiger partial charge < -0.3 is 5.32 Å². The summed E-state index contributed by atoms with van der Waals surface area (Å²) >= 11 is 0. The molecule has 2 aliphatic carbocycles. The highest BCUT2D eigenvalue weighted by molar-refractivity contribution is 7.93. The summed E-state index contributed by atoms with van der Waals surface area (Å²) in [5, 5.41) is 3.88. The van der Waals surface area contributed by atoms with Gasteiger partial charge in [-0.25, -0.2) is 17.9 Å². The molecule has 168 valence electrons. The summed E-state index contributed by atoms with van der Waals surface area (Å²) < 4.78 is 27.2. The molecular weight excluding hydrogens is 434 g/mol. The highest BCUT2D eigenvalue weighted by atomic mass is 32.2. The van der Waals surface area contributed by atoms with Gasteiger partial charge in [-0.15, -0.1) is 0 Å². The molecule has 0 saturated heterocycles. The smallest absolute Gasteiger partial charge is 0.307 e. The van der Waals surface area contributed by atoms with E-state index in [0.29, 0.717) is 5.56 Å². The zero-order valence-corrected chi connectivity index (χ0v) is 19.0. The van der Waals surface area contributed by atoms with Crippen molar-refractivity contribution in [1.29, 1.82) is 0 Å². The Morgan fingerprint density at radius 1 is 0.909 bits per heavy atom. The molecule has 0 spiro atoms. The summed E-state index contributed by atoms with van der Waals surface area (Å²) in [4.78, 5) is 16.8. The molecule has 0 unspecified atom stereocenters. The molecule has 0 aliphatic heterocycles. The molecule has 1 heterocycles. The number of anilines is 1. The average molecular weight is 460 g/mol. The van der Waals surface area contributed by atoms with Crippen LogP contribution in [-0.4, -0.2) is 19.4 Å². The van der Waals surface area contributed by atoms with Crippen molar-refractivity contribution in [3.8, 4) is 11.1 Å². The highest BCUT2D eigenvalue weighted by Gasteiger charge is 2.25. The van der Waals surface area contributed by atoms with Crippen LogP contribution in [0.2, 0.25) is 0 Å². The first-order valence-corrected chi connectivity index (χ1v) is 12.7. The van der Waals surface area contributed by atoms with Gasteiger partial charge in [-0.2, -0.15) is 0 Å². The second kappa shape index (κ2) is 8.83. The summed E-state index contributed by atoms with van der Waals surface area (Å²) in [5.74, 6) is 0. The fourth-order valence-corrected chi connectivity index (χ4v) is 5.51. The van der Waals surface area contributed by atoms with Crippen LogP contribution in [0.1, 0.15) is 40.7 Å². The summed E-state index contributed by atoms with van der Waals surface area (Å²) in [5.41, 5.74) is 8.27. The number of hydrogen-bond acceptors (Lipinski definition) is 4. The van der Waals surface area contributed by atoms with Gasteiger partial charge in [0.1, 0.15) is 0 Å². The predicted molar refractivity (Wildman–Crippen MR) is 130 cm³/mol. The number of benzene rings is 2. The maximum absolute atomic E-state index is 12.6. The molecule has 1 aromatic heterocycles. The molecule has 0 bridgehead atoms. The lowest BCUT2D eigenvalue weighted by Crippen LogP contribution is -2.33. The van der Waals surface area contributed by atoms with Crippen molar-refractivity contribution >= 4 is 27.8 Å². The van der Waals surface area contributed by atoms with Crippen molar-refractivity contribution in [3.05, 3.63) is 88.1 Å². The zero-order chi connectivity index (χ0) is 22.8. The Hall–Kier alpha value is -3.45. The predicted octanol–water partition coefficient (Wildman–Crippen LogP) is 4.85. The normalized spacial score (nSPS) is 14.8. The molecule has 2 aliphatic rings. The van der Waals surface area contributed by atoms with Crippen molar-refractivity contribution in [3.63, 3.8) is 0 Å². The maximum Gasteiger partial charge on any atom is 0.333 e. The number of carbonyl (C=O) groups excluding carboxylic acids is 1. The van der Waals surface area contributed by atoms with Crippen molar-refractivity contribution in [1.82, 2.24) is 9.71 Å². The number of carbonyl (C=O) groups is 1. The number of rotatable bonds is 5. The van der Waals surface area contributed by atoms with Crippen LogP contribution in [-0.2, 0) is 35.7 Å². The fourth-order valence-electron chi connectivity index (χ4n) is 4.79. The van der Waals surface area contributed by atoms with E-state index in [4.69, 9.17) is 0 Å². The van der Waals surface area contributed by atoms with Crippen molar-refractivity contribution in [2.24, 2.45) is 0 Å². The van der Waals surface area contributed by atoms with Crippen molar-refractivity contribution in [2.75, 3.05) is 5.32 Å². The molecule has 2 amide bonds. The van der Waals surface area contributed by atoms with E-state index in [1.807, 2.05) is 36.4 Å². The van der Waals surface area contributed by atoms with Crippen LogP contribution in [0, 0.1) is 0 Å². The first-order valence-electron chi connectivity index (χ1n) is 11.2. The molecule has 2 N–H and O–H groups in total. The monoisotopic (exact) mass is 459 g/mol. The summed E-state index contributed by atoms with van der Waals surface area (Å²) in [7, 11) is -3.96. The number of hydrogen-bond donors (Lipinski definition) is 2. The fraction of sp³-hybridized carbons (Fsp3) is 0.231. The lowest BCUT2D eigenvalue weighted by molar-refractivity contribution is 0.256. The average Bonchev–Trinajstić information content (AvgIpc) is 3.48. The van der Waals surface area contributed by atoms with Crippen molar-refractivity contribution in [2.45, 2.75) is 38.5 Å². The van der Waals surface area contributed by atoms with Gasteiger partial charge in [0, 0.05) is 23.6 Å². The Morgan fingerprint density at radius 3 is 2.33 bits per heavy atom. The van der Waals surface area contributed by atoms with E-state index in [-0.39, 0.29) is 0 Å². The second-order valence-corrected chi connectivity index (χ2v) is 10.1. The number of aryl methyl sites for hydroxylation is 2. The topological polar surface area (TPSA) is 88.2 Å². The van der Waals surface area contributed by atoms with E-state index in [9.17, 15) is 13.2 Å². The van der Waals surface area contributed by atoms with E-state index >= 15 is 0 Å². The Labute approximate surface area is 193 Å². The van der Waals surface area contributed by atoms with Crippen LogP contribution in [0.5, 0.6) is 0 Å². The Morgan fingerprint density at radius 2 is 1.64 bits per heavy atom. The molecule has 5 rings (SSSR count). The zero-order valence-electron chi connectivity index (χ0n) is 18.2. The summed E-state index contributed by atoms with van der Waals surface area (Å²) in [6.07, 6.45) is 10.9. The summed E-state index contributed by atoms with van der Waals surface area (Å²) in [6, 6.07) is 12.8. The Kier molecular flexibility index (Phi) is 5.72. The van der Waals surface area contributed by atoms with E-state index in [1.165, 1.54) is 17.2 Å². The first-order chi connectivity index (χ1) is 16.0. The lowest BCUT2D eigenvalue weighted by atomic mass is 9.99. The lowest BCUT2D eigenvalue weighted by Gasteiger charge is -2.16. The number of pyridine rings is 1. The third-order valence-corrected chi connectivity index (χ3v) is 7.23. The maximum atomic E-state index is 12.6. The summed E-state index contributed by atoms with van der Waals surface area (Å²) in [6.45, 7) is 0. The van der Waals surface area contributed by atoms with Crippen LogP contribution in [0.25, 0.3) is 17.2 Å². The van der Waals surface area contributed by atoms with Crippen LogP contribution in [0.4, 0.5) is 10.5 Å². The van der Waals surface area contributed by atoms with Gasteiger partial charge in [0.2, 0.25) is 0 Å². The van der Waals surface area contributed by atoms with Gasteiger partial charge in [-0.05, 0) is 90.1 Å². The molecule has 33 heavy (non-hydrogen) atoms. The number of nitrogens with one attached hydrogen (secondary N) is 2. The van der Waals surface area contributed by atoms with Crippen LogP contribution >= 0.6 is 0 Å². The third-order valence-electron chi connectivity index (χ3n) is 6.27. The van der Waals surface area contributed by atoms with Gasteiger partial charge >= 0.3 is 6.03 Å². The molecular formula is C26H25N3O3S. The van der Waals surface area contributed by atoms with Gasteiger partial charge in [-0.3, -0.25) is 4.98 Å². The number of amides is 2. The van der Waals surface area contributed by atoms with Crippen LogP contribution in [0.3, 0.4) is 0 Å². The molecule has 7 heteroatoms. The van der Waals surface area contributed by atoms with Crippen molar-refractivity contribution < 1.29 is 13.2 Å². The molecule has 6 nitrogen and oxygen atoms in total. The van der Waals surface area contributed by atoms with Gasteiger partial charge in [0.25, 0.3) is 10.0 Å². The standard InChI is InChI=1S/C26H25N3O3S/c30-26(28-25-23-10-2-7-20(23)16-21-8-3-11-24(21)25)29-33(31,32)14-12-18-5-1-6-19(15-18)22-9-4-13-27-17-22/h1,4-6,9,12-17H,2-3,7-8,10-11H2,(H2,28,29,30)/b14-12+. The van der Waals surface area contributed by atoms with E-state index in [2.05, 4.69) is 21.1 Å². The number of aromatic nitrogens is 1. The van der Waals surface area contributed by atoms with Gasteiger partial charge in [0.15, 0.2) is 0 Å². The van der Waals surface area contributed by atoms with E-state index in [0.717, 1.165) is 71.9 Å². The minimum atomic E-state index is -3.96. The van der Waals surface area contributed by atoms with Crippen LogP contribution < -0.4 is 10.0 Å². The second-order valence-electron chi connectivity index (χ2n) is 8.51. The largest absolute Gasteiger partial charge is 0.333 e. The quantitative estimate of drug-likeness (QED) is 0.571. The molecule has 0 atom stereocenters. The Bertz CT molecular complexity index is 1320. The molecule has 0 radical (unpaired) electrons. The Balaban J connectivity index is 1.31. The number of nitrogens with zero attached hydrogens (tertiary/aromatic N) is 1. The van der Waals surface area contributed by atoms with E-state index < -0.39 is 16.1 Å². The molecule has 2 aromatic carbocycles. The van der Waals surface area contributed by atoms with E-state index in [1.54, 1.807) is 12.4 Å². The number of sulfonamides is 1. The molecule has 3 aromatic rings. The minimum absolute atomic E-state index is 0.709. The van der Waals surface area contributed by atoms with Crippen LogP contribution in [0.15, 0.2) is 60.3 Å².